The topological polar surface area (TPSA) is 96.8 Å². The zero-order valence-corrected chi connectivity index (χ0v) is 21.9. The molecule has 2 saturated heterocycles. The summed E-state index contributed by atoms with van der Waals surface area (Å²) in [5.41, 5.74) is 2.24. The summed E-state index contributed by atoms with van der Waals surface area (Å²) in [5.74, 6) is 0.716. The number of carbonyl (C=O) groups excluding carboxylic acids is 1. The molecular formula is C26H37N5O4S. The number of benzene rings is 1. The van der Waals surface area contributed by atoms with E-state index in [2.05, 4.69) is 33.4 Å². The Balaban J connectivity index is 1.22. The van der Waals surface area contributed by atoms with E-state index in [1.165, 1.54) is 48.1 Å². The highest BCUT2D eigenvalue weighted by atomic mass is 32.2. The van der Waals surface area contributed by atoms with E-state index in [-0.39, 0.29) is 29.4 Å². The average Bonchev–Trinajstić information content (AvgIpc) is 3.43. The predicted octanol–water partition coefficient (Wildman–Crippen LogP) is 2.98. The Morgan fingerprint density at radius 1 is 1.11 bits per heavy atom. The summed E-state index contributed by atoms with van der Waals surface area (Å²) in [6, 6.07) is 5.87. The molecule has 0 radical (unpaired) electrons. The molecule has 1 aromatic carbocycles. The van der Waals surface area contributed by atoms with Gasteiger partial charge in [-0.2, -0.15) is 4.31 Å². The number of likely N-dealkylation sites (tertiary alicyclic amines) is 1. The van der Waals surface area contributed by atoms with Crippen molar-refractivity contribution in [2.45, 2.75) is 75.0 Å². The summed E-state index contributed by atoms with van der Waals surface area (Å²) in [7, 11) is -1.98. The lowest BCUT2D eigenvalue weighted by Crippen LogP contribution is -2.40. The number of fused-ring (bicyclic) bond motifs is 1. The quantitative estimate of drug-likeness (QED) is 0.609. The molecule has 2 aromatic rings. The maximum absolute atomic E-state index is 13.1. The number of nitrogens with one attached hydrogen (secondary N) is 1. The number of hydrogen-bond donors (Lipinski definition) is 1. The van der Waals surface area contributed by atoms with Gasteiger partial charge in [-0.25, -0.2) is 13.4 Å². The number of amides is 1. The zero-order chi connectivity index (χ0) is 25.1. The Morgan fingerprint density at radius 3 is 2.67 bits per heavy atom. The smallest absolute Gasteiger partial charge is 0.262 e. The molecule has 4 heterocycles. The molecule has 1 amide bonds. The second-order valence-electron chi connectivity index (χ2n) is 10.3. The van der Waals surface area contributed by atoms with Gasteiger partial charge in [-0.1, -0.05) is 25.0 Å². The molecule has 2 fully saturated rings. The summed E-state index contributed by atoms with van der Waals surface area (Å²) < 4.78 is 35.2. The summed E-state index contributed by atoms with van der Waals surface area (Å²) >= 11 is 0. The molecule has 0 spiro atoms. The van der Waals surface area contributed by atoms with Crippen molar-refractivity contribution >= 4 is 15.9 Å². The van der Waals surface area contributed by atoms with Crippen LogP contribution in [-0.2, 0) is 28.4 Å². The van der Waals surface area contributed by atoms with Crippen LogP contribution in [0.3, 0.4) is 0 Å². The molecular weight excluding hydrogens is 478 g/mol. The molecule has 10 heteroatoms. The van der Waals surface area contributed by atoms with Crippen LogP contribution in [0.5, 0.6) is 5.75 Å². The lowest BCUT2D eigenvalue weighted by Gasteiger charge is -2.29. The van der Waals surface area contributed by atoms with E-state index in [9.17, 15) is 13.2 Å². The normalized spacial score (nSPS) is 23.6. The molecule has 0 unspecified atom stereocenters. The van der Waals surface area contributed by atoms with Gasteiger partial charge < -0.3 is 14.6 Å². The molecule has 196 valence electrons. The van der Waals surface area contributed by atoms with E-state index in [1.54, 1.807) is 11.6 Å². The zero-order valence-electron chi connectivity index (χ0n) is 21.1. The van der Waals surface area contributed by atoms with Crippen LogP contribution in [0.4, 0.5) is 0 Å². The monoisotopic (exact) mass is 515 g/mol. The van der Waals surface area contributed by atoms with Crippen molar-refractivity contribution in [1.29, 1.82) is 0 Å². The summed E-state index contributed by atoms with van der Waals surface area (Å²) in [5, 5.41) is 3.19. The molecule has 0 saturated carbocycles. The number of hydrogen-bond acceptors (Lipinski definition) is 6. The van der Waals surface area contributed by atoms with Gasteiger partial charge in [0.05, 0.1) is 19.0 Å². The third-order valence-corrected chi connectivity index (χ3v) is 9.39. The van der Waals surface area contributed by atoms with Crippen LogP contribution in [0, 0.1) is 0 Å². The van der Waals surface area contributed by atoms with Crippen LogP contribution >= 0.6 is 0 Å². The van der Waals surface area contributed by atoms with Crippen LogP contribution in [0.1, 0.15) is 68.5 Å². The predicted molar refractivity (Wildman–Crippen MR) is 136 cm³/mol. The van der Waals surface area contributed by atoms with Crippen molar-refractivity contribution < 1.29 is 17.9 Å². The fourth-order valence-electron chi connectivity index (χ4n) is 5.67. The van der Waals surface area contributed by atoms with Crippen molar-refractivity contribution in [3.63, 3.8) is 0 Å². The molecule has 3 aliphatic heterocycles. The van der Waals surface area contributed by atoms with E-state index < -0.39 is 10.0 Å². The van der Waals surface area contributed by atoms with Crippen molar-refractivity contribution in [2.75, 3.05) is 26.2 Å². The van der Waals surface area contributed by atoms with Crippen molar-refractivity contribution in [1.82, 2.24) is 24.1 Å². The standard InChI is InChI=1S/C26H37N5O4S/c1-29-18-26(27-19-29)36(33,34)31-13-6-7-21(31)16-25(32)28-23-10-14-35-24-15-20(8-9-22(23)24)17-30-11-4-2-3-5-12-30/h8-9,15,18-19,21,23H,2-7,10-14,16-17H2,1H3,(H,28,32)/t21-,23+/m0/s1. The van der Waals surface area contributed by atoms with Gasteiger partial charge in [0, 0.05) is 50.8 Å². The molecule has 3 aliphatic rings. The second kappa shape index (κ2) is 10.9. The average molecular weight is 516 g/mol. The maximum Gasteiger partial charge on any atom is 0.262 e. The fourth-order valence-corrected chi connectivity index (χ4v) is 7.34. The minimum absolute atomic E-state index is 0.0339. The number of imidazole rings is 1. The van der Waals surface area contributed by atoms with E-state index in [0.717, 1.165) is 37.4 Å². The lowest BCUT2D eigenvalue weighted by molar-refractivity contribution is -0.122. The number of sulfonamides is 1. The third kappa shape index (κ3) is 5.60. The second-order valence-corrected chi connectivity index (χ2v) is 12.2. The van der Waals surface area contributed by atoms with Gasteiger partial charge in [0.15, 0.2) is 5.03 Å². The van der Waals surface area contributed by atoms with Crippen LogP contribution < -0.4 is 10.1 Å². The van der Waals surface area contributed by atoms with Crippen LogP contribution in [0.15, 0.2) is 35.7 Å². The maximum atomic E-state index is 13.1. The molecule has 2 atom stereocenters. The molecule has 0 aliphatic carbocycles. The minimum Gasteiger partial charge on any atom is -0.493 e. The number of aryl methyl sites for hydroxylation is 1. The summed E-state index contributed by atoms with van der Waals surface area (Å²) in [6.07, 6.45) is 10.4. The molecule has 1 aromatic heterocycles. The molecule has 36 heavy (non-hydrogen) atoms. The molecule has 9 nitrogen and oxygen atoms in total. The number of aromatic nitrogens is 2. The third-order valence-electron chi connectivity index (χ3n) is 7.56. The van der Waals surface area contributed by atoms with Crippen LogP contribution in [0.25, 0.3) is 0 Å². The number of carbonyl (C=O) groups is 1. The minimum atomic E-state index is -3.72. The Morgan fingerprint density at radius 2 is 1.92 bits per heavy atom. The first-order chi connectivity index (χ1) is 17.4. The first-order valence-corrected chi connectivity index (χ1v) is 14.6. The Labute approximate surface area is 213 Å². The Kier molecular flexibility index (Phi) is 7.64. The van der Waals surface area contributed by atoms with E-state index >= 15 is 0 Å². The fraction of sp³-hybridized carbons (Fsp3) is 0.615. The van der Waals surface area contributed by atoms with Gasteiger partial charge in [0.2, 0.25) is 5.91 Å². The van der Waals surface area contributed by atoms with E-state index in [0.29, 0.717) is 26.0 Å². The number of nitrogens with zero attached hydrogens (tertiary/aromatic N) is 4. The van der Waals surface area contributed by atoms with Crippen molar-refractivity contribution in [3.05, 3.63) is 41.9 Å². The van der Waals surface area contributed by atoms with Crippen LogP contribution in [-0.4, -0.2) is 65.4 Å². The molecule has 0 bridgehead atoms. The number of rotatable bonds is 7. The highest BCUT2D eigenvalue weighted by Gasteiger charge is 2.38. The Bertz CT molecular complexity index is 1170. The highest BCUT2D eigenvalue weighted by Crippen LogP contribution is 2.34. The van der Waals surface area contributed by atoms with Gasteiger partial charge >= 0.3 is 0 Å². The van der Waals surface area contributed by atoms with Gasteiger partial charge in [0.1, 0.15) is 5.75 Å². The largest absolute Gasteiger partial charge is 0.493 e. The SMILES string of the molecule is Cn1cnc(S(=O)(=O)N2CCC[C@H]2CC(=O)N[C@@H]2CCOc3cc(CN4CCCCCC4)ccc32)c1. The Hall–Kier alpha value is -2.43. The van der Waals surface area contributed by atoms with E-state index in [1.807, 2.05) is 0 Å². The van der Waals surface area contributed by atoms with Crippen molar-refractivity contribution in [2.24, 2.45) is 7.05 Å². The molecule has 5 rings (SSSR count). The van der Waals surface area contributed by atoms with Crippen LogP contribution in [0.2, 0.25) is 0 Å². The first kappa shape index (κ1) is 25.2. The highest BCUT2D eigenvalue weighted by molar-refractivity contribution is 7.89. The van der Waals surface area contributed by atoms with Gasteiger partial charge in [-0.05, 0) is 50.4 Å². The lowest BCUT2D eigenvalue weighted by atomic mass is 9.98. The van der Waals surface area contributed by atoms with Gasteiger partial charge in [-0.3, -0.25) is 9.69 Å². The summed E-state index contributed by atoms with van der Waals surface area (Å²) in [6.45, 7) is 4.18. The summed E-state index contributed by atoms with van der Waals surface area (Å²) in [4.78, 5) is 19.6. The van der Waals surface area contributed by atoms with Gasteiger partial charge in [0.25, 0.3) is 10.0 Å². The van der Waals surface area contributed by atoms with E-state index in [4.69, 9.17) is 4.74 Å². The van der Waals surface area contributed by atoms with Crippen molar-refractivity contribution in [3.8, 4) is 5.75 Å². The first-order valence-electron chi connectivity index (χ1n) is 13.2. The molecule has 1 N–H and O–H groups in total. The number of ether oxygens (including phenoxy) is 1. The van der Waals surface area contributed by atoms with Gasteiger partial charge in [-0.15, -0.1) is 0 Å².